The van der Waals surface area contributed by atoms with Gasteiger partial charge in [-0.3, -0.25) is 9.59 Å². The molecule has 6 heteroatoms. The van der Waals surface area contributed by atoms with E-state index in [2.05, 4.69) is 10.5 Å². The number of carbonyl (C=O) groups excluding carboxylic acids is 2. The summed E-state index contributed by atoms with van der Waals surface area (Å²) < 4.78 is 4.95. The number of rotatable bonds is 5. The van der Waals surface area contributed by atoms with E-state index >= 15 is 0 Å². The van der Waals surface area contributed by atoms with Gasteiger partial charge in [0.25, 0.3) is 5.91 Å². The summed E-state index contributed by atoms with van der Waals surface area (Å²) in [5.74, 6) is 0.775. The van der Waals surface area contributed by atoms with Crippen molar-refractivity contribution >= 4 is 11.8 Å². The Kier molecular flexibility index (Phi) is 5.57. The zero-order valence-corrected chi connectivity index (χ0v) is 13.6. The summed E-state index contributed by atoms with van der Waals surface area (Å²) in [6.07, 6.45) is 3.30. The minimum Gasteiger partial charge on any atom is -0.361 e. The van der Waals surface area contributed by atoms with Crippen LogP contribution < -0.4 is 5.32 Å². The molecule has 1 N–H and O–H groups in total. The fourth-order valence-corrected chi connectivity index (χ4v) is 2.83. The standard InChI is InChI=1S/C16H25N3O3/c1-4-12(5-2)15(20)17-13-6-8-19(9-7-13)16(21)14-10-11(3)22-18-14/h10,12-13H,4-9H2,1-3H3,(H,17,20). The van der Waals surface area contributed by atoms with E-state index in [4.69, 9.17) is 4.52 Å². The molecule has 1 aliphatic heterocycles. The maximum absolute atomic E-state index is 12.3. The molecule has 2 heterocycles. The van der Waals surface area contributed by atoms with Crippen LogP contribution in [0.1, 0.15) is 55.8 Å². The molecule has 2 rings (SSSR count). The molecule has 0 unspecified atom stereocenters. The number of aromatic nitrogens is 1. The van der Waals surface area contributed by atoms with Gasteiger partial charge in [0.2, 0.25) is 5.91 Å². The van der Waals surface area contributed by atoms with Crippen LogP contribution in [0.15, 0.2) is 10.6 Å². The first-order chi connectivity index (χ1) is 10.5. The molecule has 1 aromatic rings. The number of hydrogen-bond donors (Lipinski definition) is 1. The van der Waals surface area contributed by atoms with Gasteiger partial charge < -0.3 is 14.7 Å². The van der Waals surface area contributed by atoms with Crippen LogP contribution in [0, 0.1) is 12.8 Å². The van der Waals surface area contributed by atoms with Crippen molar-refractivity contribution in [2.45, 2.75) is 52.5 Å². The molecule has 1 aromatic heterocycles. The Morgan fingerprint density at radius 3 is 2.50 bits per heavy atom. The van der Waals surface area contributed by atoms with Gasteiger partial charge in [-0.05, 0) is 32.6 Å². The van der Waals surface area contributed by atoms with E-state index in [1.54, 1.807) is 17.9 Å². The first-order valence-electron chi connectivity index (χ1n) is 8.08. The largest absolute Gasteiger partial charge is 0.361 e. The molecule has 22 heavy (non-hydrogen) atoms. The number of carbonyl (C=O) groups is 2. The summed E-state index contributed by atoms with van der Waals surface area (Å²) in [5, 5.41) is 6.88. The first kappa shape index (κ1) is 16.5. The third kappa shape index (κ3) is 3.87. The maximum Gasteiger partial charge on any atom is 0.276 e. The second-order valence-electron chi connectivity index (χ2n) is 5.91. The summed E-state index contributed by atoms with van der Waals surface area (Å²) >= 11 is 0. The van der Waals surface area contributed by atoms with Gasteiger partial charge in [-0.1, -0.05) is 19.0 Å². The van der Waals surface area contributed by atoms with Crippen LogP contribution in [0.5, 0.6) is 0 Å². The number of nitrogens with zero attached hydrogens (tertiary/aromatic N) is 2. The molecule has 0 aromatic carbocycles. The van der Waals surface area contributed by atoms with Crippen LogP contribution >= 0.6 is 0 Å². The molecule has 1 aliphatic rings. The predicted octanol–water partition coefficient (Wildman–Crippen LogP) is 2.14. The van der Waals surface area contributed by atoms with Crippen molar-refractivity contribution in [3.05, 3.63) is 17.5 Å². The number of likely N-dealkylation sites (tertiary alicyclic amines) is 1. The van der Waals surface area contributed by atoms with Gasteiger partial charge >= 0.3 is 0 Å². The van der Waals surface area contributed by atoms with E-state index < -0.39 is 0 Å². The van der Waals surface area contributed by atoms with Crippen molar-refractivity contribution in [3.63, 3.8) is 0 Å². The molecule has 0 aliphatic carbocycles. The molecule has 1 fully saturated rings. The van der Waals surface area contributed by atoms with E-state index in [9.17, 15) is 9.59 Å². The Hall–Kier alpha value is -1.85. The van der Waals surface area contributed by atoms with Crippen molar-refractivity contribution in [1.29, 1.82) is 0 Å². The van der Waals surface area contributed by atoms with Crippen molar-refractivity contribution in [1.82, 2.24) is 15.4 Å². The summed E-state index contributed by atoms with van der Waals surface area (Å²) in [4.78, 5) is 26.1. The lowest BCUT2D eigenvalue weighted by Gasteiger charge is -2.32. The minimum atomic E-state index is -0.0957. The number of aryl methyl sites for hydroxylation is 1. The summed E-state index contributed by atoms with van der Waals surface area (Å²) in [5.41, 5.74) is 0.358. The average Bonchev–Trinajstić information content (AvgIpc) is 2.95. The normalized spacial score (nSPS) is 16.1. The number of piperidine rings is 1. The van der Waals surface area contributed by atoms with Crippen molar-refractivity contribution in [3.8, 4) is 0 Å². The SMILES string of the molecule is CCC(CC)C(=O)NC1CCN(C(=O)c2cc(C)on2)CC1. The van der Waals surface area contributed by atoms with Gasteiger partial charge in [-0.2, -0.15) is 0 Å². The lowest BCUT2D eigenvalue weighted by Crippen LogP contribution is -2.47. The van der Waals surface area contributed by atoms with Gasteiger partial charge in [0, 0.05) is 31.1 Å². The third-order valence-electron chi connectivity index (χ3n) is 4.33. The molecule has 0 saturated carbocycles. The predicted molar refractivity (Wildman–Crippen MR) is 82.4 cm³/mol. The van der Waals surface area contributed by atoms with Crippen molar-refractivity contribution in [2.24, 2.45) is 5.92 Å². The van der Waals surface area contributed by atoms with Crippen molar-refractivity contribution < 1.29 is 14.1 Å². The minimum absolute atomic E-state index is 0.0952. The fourth-order valence-electron chi connectivity index (χ4n) is 2.83. The molecule has 0 spiro atoms. The molecular weight excluding hydrogens is 282 g/mol. The van der Waals surface area contributed by atoms with Gasteiger partial charge in [0.05, 0.1) is 0 Å². The smallest absolute Gasteiger partial charge is 0.276 e. The first-order valence-corrected chi connectivity index (χ1v) is 8.08. The molecular formula is C16H25N3O3. The van der Waals surface area contributed by atoms with Crippen molar-refractivity contribution in [2.75, 3.05) is 13.1 Å². The van der Waals surface area contributed by atoms with E-state index in [1.165, 1.54) is 0 Å². The summed E-state index contributed by atoms with van der Waals surface area (Å²) in [6.45, 7) is 7.12. The highest BCUT2D eigenvalue weighted by molar-refractivity contribution is 5.92. The van der Waals surface area contributed by atoms with Crippen LogP contribution in [-0.2, 0) is 4.79 Å². The molecule has 0 bridgehead atoms. The number of hydrogen-bond acceptors (Lipinski definition) is 4. The van der Waals surface area contributed by atoms with Crippen LogP contribution in [0.25, 0.3) is 0 Å². The van der Waals surface area contributed by atoms with Crippen LogP contribution in [-0.4, -0.2) is 41.0 Å². The molecule has 0 atom stereocenters. The van der Waals surface area contributed by atoms with Crippen LogP contribution in [0.2, 0.25) is 0 Å². The molecule has 122 valence electrons. The van der Waals surface area contributed by atoms with Gasteiger partial charge in [0.15, 0.2) is 5.69 Å². The zero-order valence-electron chi connectivity index (χ0n) is 13.6. The van der Waals surface area contributed by atoms with Gasteiger partial charge in [0.1, 0.15) is 5.76 Å². The van der Waals surface area contributed by atoms with Gasteiger partial charge in [-0.25, -0.2) is 0 Å². The quantitative estimate of drug-likeness (QED) is 0.904. The number of amides is 2. The van der Waals surface area contributed by atoms with E-state index in [-0.39, 0.29) is 23.8 Å². The highest BCUT2D eigenvalue weighted by atomic mass is 16.5. The maximum atomic E-state index is 12.3. The van der Waals surface area contributed by atoms with Gasteiger partial charge in [-0.15, -0.1) is 0 Å². The second kappa shape index (κ2) is 7.42. The Labute approximate surface area is 131 Å². The third-order valence-corrected chi connectivity index (χ3v) is 4.33. The monoisotopic (exact) mass is 307 g/mol. The highest BCUT2D eigenvalue weighted by Gasteiger charge is 2.27. The topological polar surface area (TPSA) is 75.4 Å². The summed E-state index contributed by atoms with van der Waals surface area (Å²) in [6, 6.07) is 1.82. The van der Waals surface area contributed by atoms with E-state index in [0.29, 0.717) is 24.5 Å². The van der Waals surface area contributed by atoms with E-state index in [1.807, 2.05) is 13.8 Å². The zero-order chi connectivity index (χ0) is 16.1. The van der Waals surface area contributed by atoms with E-state index in [0.717, 1.165) is 25.7 Å². The number of nitrogens with one attached hydrogen (secondary N) is 1. The lowest BCUT2D eigenvalue weighted by atomic mass is 9.99. The average molecular weight is 307 g/mol. The van der Waals surface area contributed by atoms with Crippen LogP contribution in [0.4, 0.5) is 0 Å². The highest BCUT2D eigenvalue weighted by Crippen LogP contribution is 2.16. The Bertz CT molecular complexity index is 514. The fraction of sp³-hybridized carbons (Fsp3) is 0.688. The molecule has 6 nitrogen and oxygen atoms in total. The molecule has 2 amide bonds. The Morgan fingerprint density at radius 1 is 1.36 bits per heavy atom. The lowest BCUT2D eigenvalue weighted by molar-refractivity contribution is -0.126. The Balaban J connectivity index is 1.83. The second-order valence-corrected chi connectivity index (χ2v) is 5.91. The Morgan fingerprint density at radius 2 is 2.00 bits per heavy atom. The molecule has 1 saturated heterocycles. The molecule has 0 radical (unpaired) electrons. The summed E-state index contributed by atoms with van der Waals surface area (Å²) in [7, 11) is 0. The van der Waals surface area contributed by atoms with Crippen LogP contribution in [0.3, 0.4) is 0 Å².